The molecule has 2 fully saturated rings. The zero-order chi connectivity index (χ0) is 20.8. The fourth-order valence-electron chi connectivity index (χ4n) is 4.65. The maximum Gasteiger partial charge on any atom is 0.220 e. The van der Waals surface area contributed by atoms with E-state index in [1.807, 2.05) is 11.2 Å². The van der Waals surface area contributed by atoms with Crippen molar-refractivity contribution in [2.45, 2.75) is 44.7 Å². The third-order valence-electron chi connectivity index (χ3n) is 6.24. The minimum absolute atomic E-state index is 0.0657. The molecule has 3 aromatic rings. The molecule has 0 saturated carbocycles. The van der Waals surface area contributed by atoms with Gasteiger partial charge < -0.3 is 14.4 Å². The van der Waals surface area contributed by atoms with E-state index in [9.17, 15) is 9.00 Å². The minimum atomic E-state index is -0.939. The fraction of sp³-hybridized carbons (Fsp3) is 0.476. The Hall–Kier alpha value is -2.52. The summed E-state index contributed by atoms with van der Waals surface area (Å²) in [5.74, 6) is 1.00. The van der Waals surface area contributed by atoms with Crippen molar-refractivity contribution < 1.29 is 13.5 Å². The van der Waals surface area contributed by atoms with E-state index in [1.54, 1.807) is 12.5 Å². The van der Waals surface area contributed by atoms with Crippen molar-refractivity contribution in [3.63, 3.8) is 0 Å². The van der Waals surface area contributed by atoms with E-state index in [0.29, 0.717) is 6.42 Å². The molecule has 0 spiro atoms. The van der Waals surface area contributed by atoms with Crippen molar-refractivity contribution in [3.05, 3.63) is 36.0 Å². The van der Waals surface area contributed by atoms with E-state index >= 15 is 0 Å². The van der Waals surface area contributed by atoms with Crippen LogP contribution in [0.1, 0.15) is 49.3 Å². The number of aryl methyl sites for hydroxylation is 1. The van der Waals surface area contributed by atoms with Crippen LogP contribution < -0.4 is 5.32 Å². The number of nitrogens with zero attached hydrogens (tertiary/aromatic N) is 4. The summed E-state index contributed by atoms with van der Waals surface area (Å²) >= 11 is 0. The summed E-state index contributed by atoms with van der Waals surface area (Å²) in [6, 6.07) is 6.46. The van der Waals surface area contributed by atoms with Crippen LogP contribution in [-0.4, -0.2) is 48.5 Å². The fourth-order valence-corrected chi connectivity index (χ4v) is 5.37. The zero-order valence-corrected chi connectivity index (χ0v) is 17.9. The van der Waals surface area contributed by atoms with Gasteiger partial charge in [0.25, 0.3) is 0 Å². The van der Waals surface area contributed by atoms with Crippen molar-refractivity contribution >= 4 is 27.9 Å². The van der Waals surface area contributed by atoms with Gasteiger partial charge >= 0.3 is 0 Å². The highest BCUT2D eigenvalue weighted by molar-refractivity contribution is 7.81. The van der Waals surface area contributed by atoms with Crippen LogP contribution in [0.5, 0.6) is 0 Å². The van der Waals surface area contributed by atoms with Crippen LogP contribution >= 0.6 is 0 Å². The number of benzene rings is 1. The highest BCUT2D eigenvalue weighted by Gasteiger charge is 2.32. The van der Waals surface area contributed by atoms with Crippen molar-refractivity contribution in [1.82, 2.24) is 24.3 Å². The van der Waals surface area contributed by atoms with Crippen LogP contribution in [0.2, 0.25) is 0 Å². The number of fused-ring (bicyclic) bond motifs is 1. The molecule has 4 heterocycles. The van der Waals surface area contributed by atoms with Gasteiger partial charge in [-0.25, -0.2) is 13.5 Å². The predicted octanol–water partition coefficient (Wildman–Crippen LogP) is 2.88. The van der Waals surface area contributed by atoms with Gasteiger partial charge in [-0.15, -0.1) is 0 Å². The Bertz CT molecular complexity index is 1130. The number of hydrogen-bond donors (Lipinski definition) is 1. The van der Waals surface area contributed by atoms with Gasteiger partial charge in [-0.3, -0.25) is 4.79 Å². The maximum atomic E-state index is 11.9. The second-order valence-electron chi connectivity index (χ2n) is 8.10. The van der Waals surface area contributed by atoms with Gasteiger partial charge in [0.05, 0.1) is 33.8 Å². The molecular formula is C21H25N5O3S. The lowest BCUT2D eigenvalue weighted by molar-refractivity contribution is -0.119. The molecule has 2 aromatic heterocycles. The lowest BCUT2D eigenvalue weighted by Crippen LogP contribution is -2.36. The van der Waals surface area contributed by atoms with Crippen LogP contribution in [-0.2, 0) is 15.8 Å². The van der Waals surface area contributed by atoms with Crippen molar-refractivity contribution in [1.29, 1.82) is 0 Å². The molecule has 2 atom stereocenters. The largest absolute Gasteiger partial charge is 0.364 e. The van der Waals surface area contributed by atoms with Crippen LogP contribution in [0.4, 0.5) is 0 Å². The Labute approximate surface area is 177 Å². The van der Waals surface area contributed by atoms with Crippen molar-refractivity contribution in [2.75, 3.05) is 19.3 Å². The lowest BCUT2D eigenvalue weighted by Gasteiger charge is -2.32. The van der Waals surface area contributed by atoms with E-state index in [2.05, 4.69) is 33.2 Å². The quantitative estimate of drug-likeness (QED) is 0.691. The summed E-state index contributed by atoms with van der Waals surface area (Å²) in [6.07, 6.45) is 6.51. The molecule has 0 aliphatic carbocycles. The maximum absolute atomic E-state index is 11.9. The van der Waals surface area contributed by atoms with E-state index in [0.717, 1.165) is 66.0 Å². The van der Waals surface area contributed by atoms with E-state index in [1.165, 1.54) is 0 Å². The summed E-state index contributed by atoms with van der Waals surface area (Å²) in [6.45, 7) is 3.51. The first kappa shape index (κ1) is 19.4. The molecule has 0 radical (unpaired) electrons. The van der Waals surface area contributed by atoms with Gasteiger partial charge in [-0.1, -0.05) is 11.2 Å². The molecule has 1 N–H and O–H groups in total. The second-order valence-corrected chi connectivity index (χ2v) is 9.46. The number of carbonyl (C=O) groups is 1. The average Bonchev–Trinajstić information content (AvgIpc) is 3.45. The molecule has 1 unspecified atom stereocenters. The first-order chi connectivity index (χ1) is 14.5. The molecule has 9 heteroatoms. The number of piperidine rings is 1. The third kappa shape index (κ3) is 3.35. The van der Waals surface area contributed by atoms with Gasteiger partial charge in [0, 0.05) is 37.4 Å². The number of carbonyl (C=O) groups excluding carboxylic acids is 1. The van der Waals surface area contributed by atoms with Crippen LogP contribution in [0, 0.1) is 6.92 Å². The monoisotopic (exact) mass is 427 g/mol. The lowest BCUT2D eigenvalue weighted by atomic mass is 10.0. The van der Waals surface area contributed by atoms with E-state index in [-0.39, 0.29) is 18.0 Å². The van der Waals surface area contributed by atoms with Gasteiger partial charge in [0.1, 0.15) is 12.1 Å². The van der Waals surface area contributed by atoms with Gasteiger partial charge in [-0.05, 0) is 43.9 Å². The number of hydrogen-bond acceptors (Lipinski definition) is 5. The number of imidazole rings is 1. The minimum Gasteiger partial charge on any atom is -0.364 e. The first-order valence-electron chi connectivity index (χ1n) is 10.3. The van der Waals surface area contributed by atoms with Crippen LogP contribution in [0.15, 0.2) is 29.0 Å². The van der Waals surface area contributed by atoms with E-state index < -0.39 is 11.0 Å². The van der Waals surface area contributed by atoms with Gasteiger partial charge in [0.15, 0.2) is 0 Å². The van der Waals surface area contributed by atoms with Gasteiger partial charge in [0.2, 0.25) is 5.91 Å². The standard InChI is InChI=1S/C21H25N5O3S/c1-13-16(12-29-24-13)14-3-5-19-18(11-14)23-21(17-4-6-20(27)22-17)26(19)15-7-9-25(10-8-15)30(2)28/h3,5,11-12,15,17H,4,6-10H2,1-2H3,(H,22,27)/t17-,30?/m0/s1. The normalized spacial score (nSPS) is 21.9. The molecule has 8 nitrogen and oxygen atoms in total. The number of rotatable bonds is 4. The molecule has 5 rings (SSSR count). The molecule has 2 aliphatic heterocycles. The number of aromatic nitrogens is 3. The van der Waals surface area contributed by atoms with Crippen LogP contribution in [0.25, 0.3) is 22.2 Å². The predicted molar refractivity (Wildman–Crippen MR) is 114 cm³/mol. The average molecular weight is 428 g/mol. The number of nitrogens with one attached hydrogen (secondary N) is 1. The highest BCUT2D eigenvalue weighted by Crippen LogP contribution is 2.35. The molecule has 1 amide bonds. The van der Waals surface area contributed by atoms with Crippen LogP contribution in [0.3, 0.4) is 0 Å². The topological polar surface area (TPSA) is 93.3 Å². The Morgan fingerprint density at radius 2 is 2.03 bits per heavy atom. The second kappa shape index (κ2) is 7.63. The van der Waals surface area contributed by atoms with Crippen molar-refractivity contribution in [2.24, 2.45) is 0 Å². The summed E-state index contributed by atoms with van der Waals surface area (Å²) in [5, 5.41) is 7.07. The Morgan fingerprint density at radius 3 is 2.67 bits per heavy atom. The summed E-state index contributed by atoms with van der Waals surface area (Å²) < 4.78 is 21.3. The molecule has 0 bridgehead atoms. The molecule has 30 heavy (non-hydrogen) atoms. The number of amides is 1. The molecule has 1 aromatic carbocycles. The van der Waals surface area contributed by atoms with Crippen molar-refractivity contribution in [3.8, 4) is 11.1 Å². The molecule has 2 aliphatic rings. The van der Waals surface area contributed by atoms with Gasteiger partial charge in [-0.2, -0.15) is 0 Å². The zero-order valence-electron chi connectivity index (χ0n) is 17.1. The Kier molecular flexibility index (Phi) is 4.94. The summed E-state index contributed by atoms with van der Waals surface area (Å²) in [7, 11) is -0.939. The molecule has 2 saturated heterocycles. The molecule has 158 valence electrons. The highest BCUT2D eigenvalue weighted by atomic mass is 32.2. The summed E-state index contributed by atoms with van der Waals surface area (Å²) in [5.41, 5.74) is 4.80. The SMILES string of the molecule is Cc1nocc1-c1ccc2c(c1)nc([C@@H]1CCC(=O)N1)n2C1CCN(S(C)=O)CC1. The smallest absolute Gasteiger partial charge is 0.220 e. The Morgan fingerprint density at radius 1 is 1.23 bits per heavy atom. The summed E-state index contributed by atoms with van der Waals surface area (Å²) in [4.78, 5) is 16.9. The third-order valence-corrected chi connectivity index (χ3v) is 7.33. The van der Waals surface area contributed by atoms with E-state index in [4.69, 9.17) is 9.51 Å². The molecular weight excluding hydrogens is 402 g/mol. The Balaban J connectivity index is 1.57. The first-order valence-corrected chi connectivity index (χ1v) is 11.8.